The molecule has 0 radical (unpaired) electrons. The zero-order valence-corrected chi connectivity index (χ0v) is 17.9. The number of methoxy groups -OCH3 is 3. The summed E-state index contributed by atoms with van der Waals surface area (Å²) >= 11 is 0. The molecule has 1 aliphatic heterocycles. The van der Waals surface area contributed by atoms with Crippen LogP contribution in [-0.4, -0.2) is 63.6 Å². The normalized spacial score (nSPS) is 15.3. The number of hydrogen-bond acceptors (Lipinski definition) is 9. The van der Waals surface area contributed by atoms with Gasteiger partial charge in [-0.1, -0.05) is 6.07 Å². The van der Waals surface area contributed by atoms with E-state index in [1.807, 2.05) is 0 Å². The van der Waals surface area contributed by atoms with Gasteiger partial charge in [-0.2, -0.15) is 0 Å². The molecule has 1 atom stereocenters. The van der Waals surface area contributed by atoms with E-state index in [2.05, 4.69) is 4.90 Å². The average molecular weight is 433 g/mol. The van der Waals surface area contributed by atoms with Crippen LogP contribution in [0.5, 0.6) is 17.2 Å². The Labute approximate surface area is 180 Å². The molecular formula is C22H27NO8. The van der Waals surface area contributed by atoms with Crippen molar-refractivity contribution in [1.29, 1.82) is 0 Å². The first kappa shape index (κ1) is 22.6. The molecule has 1 fully saturated rings. The number of carbonyl (C=O) groups excluding carboxylic acids is 1. The number of ether oxygens (including phenoxy) is 4. The van der Waals surface area contributed by atoms with Crippen LogP contribution >= 0.6 is 0 Å². The zero-order valence-electron chi connectivity index (χ0n) is 17.9. The summed E-state index contributed by atoms with van der Waals surface area (Å²) in [5.41, 5.74) is 0.0323. The molecule has 9 nitrogen and oxygen atoms in total. The van der Waals surface area contributed by atoms with Crippen LogP contribution in [-0.2, 0) is 20.8 Å². The average Bonchev–Trinajstić information content (AvgIpc) is 2.80. The van der Waals surface area contributed by atoms with Gasteiger partial charge in [0.25, 0.3) is 0 Å². The predicted molar refractivity (Wildman–Crippen MR) is 111 cm³/mol. The lowest BCUT2D eigenvalue weighted by Crippen LogP contribution is -2.35. The van der Waals surface area contributed by atoms with Gasteiger partial charge in [-0.15, -0.1) is 0 Å². The second-order valence-electron chi connectivity index (χ2n) is 7.13. The summed E-state index contributed by atoms with van der Waals surface area (Å²) in [6, 6.07) is 6.37. The molecule has 0 bridgehead atoms. The largest absolute Gasteiger partial charge is 0.502 e. The van der Waals surface area contributed by atoms with Crippen LogP contribution in [0.4, 0.5) is 0 Å². The van der Waals surface area contributed by atoms with Crippen LogP contribution in [0.1, 0.15) is 29.4 Å². The number of nitrogens with zero attached hydrogens (tertiary/aromatic N) is 1. The van der Waals surface area contributed by atoms with Gasteiger partial charge in [-0.3, -0.25) is 14.5 Å². The third-order valence-corrected chi connectivity index (χ3v) is 5.21. The maximum absolute atomic E-state index is 12.5. The number of morpholine rings is 1. The van der Waals surface area contributed by atoms with E-state index in [0.717, 1.165) is 0 Å². The second kappa shape index (κ2) is 10.3. The summed E-state index contributed by atoms with van der Waals surface area (Å²) < 4.78 is 26.8. The molecule has 1 N–H and O–H groups in total. The summed E-state index contributed by atoms with van der Waals surface area (Å²) in [6.45, 7) is 3.02. The van der Waals surface area contributed by atoms with Crippen LogP contribution in [0.15, 0.2) is 33.5 Å². The number of hydrogen-bond donors (Lipinski definition) is 1. The first-order chi connectivity index (χ1) is 15.0. The molecule has 0 spiro atoms. The van der Waals surface area contributed by atoms with Gasteiger partial charge in [-0.25, -0.2) is 0 Å². The molecule has 0 aliphatic carbocycles. The monoisotopic (exact) mass is 433 g/mol. The van der Waals surface area contributed by atoms with Crippen molar-refractivity contribution >= 4 is 5.97 Å². The molecule has 1 saturated heterocycles. The lowest BCUT2D eigenvalue weighted by atomic mass is 9.91. The zero-order chi connectivity index (χ0) is 22.4. The minimum Gasteiger partial charge on any atom is -0.502 e. The van der Waals surface area contributed by atoms with E-state index < -0.39 is 23.1 Å². The Balaban J connectivity index is 2.04. The van der Waals surface area contributed by atoms with E-state index in [4.69, 9.17) is 23.4 Å². The van der Waals surface area contributed by atoms with Crippen molar-refractivity contribution in [3.8, 4) is 17.2 Å². The Kier molecular flexibility index (Phi) is 7.54. The van der Waals surface area contributed by atoms with Crippen LogP contribution < -0.4 is 14.9 Å². The molecule has 0 saturated carbocycles. The topological polar surface area (TPSA) is 108 Å². The van der Waals surface area contributed by atoms with Crippen molar-refractivity contribution in [3.05, 3.63) is 51.6 Å². The summed E-state index contributed by atoms with van der Waals surface area (Å²) in [6.07, 6.45) is -0.135. The quantitative estimate of drug-likeness (QED) is 0.624. The first-order valence-corrected chi connectivity index (χ1v) is 9.91. The smallest absolute Gasteiger partial charge is 0.306 e. The third-order valence-electron chi connectivity index (χ3n) is 5.21. The number of esters is 1. The van der Waals surface area contributed by atoms with E-state index in [-0.39, 0.29) is 12.2 Å². The molecule has 31 heavy (non-hydrogen) atoms. The molecular weight excluding hydrogens is 406 g/mol. The van der Waals surface area contributed by atoms with Gasteiger partial charge in [0.05, 0.1) is 53.4 Å². The molecule has 1 unspecified atom stereocenters. The van der Waals surface area contributed by atoms with Crippen molar-refractivity contribution in [2.24, 2.45) is 0 Å². The summed E-state index contributed by atoms with van der Waals surface area (Å²) in [5, 5.41) is 10.5. The lowest BCUT2D eigenvalue weighted by molar-refractivity contribution is -0.140. The van der Waals surface area contributed by atoms with Crippen molar-refractivity contribution in [2.75, 3.05) is 47.6 Å². The molecule has 1 aromatic heterocycles. The molecule has 2 heterocycles. The fourth-order valence-electron chi connectivity index (χ4n) is 3.53. The summed E-state index contributed by atoms with van der Waals surface area (Å²) in [4.78, 5) is 26.7. The second-order valence-corrected chi connectivity index (χ2v) is 7.13. The molecule has 9 heteroatoms. The van der Waals surface area contributed by atoms with E-state index in [0.29, 0.717) is 55.7 Å². The molecule has 1 aromatic carbocycles. The van der Waals surface area contributed by atoms with Crippen molar-refractivity contribution in [1.82, 2.24) is 4.90 Å². The number of rotatable bonds is 8. The number of carbonyl (C=O) groups is 1. The van der Waals surface area contributed by atoms with E-state index in [9.17, 15) is 14.7 Å². The minimum absolute atomic E-state index is 0.00776. The molecule has 0 amide bonds. The summed E-state index contributed by atoms with van der Waals surface area (Å²) in [5.74, 6) is -0.446. The van der Waals surface area contributed by atoms with Crippen molar-refractivity contribution < 1.29 is 33.3 Å². The Hall–Kier alpha value is -3.04. The predicted octanol–water partition coefficient (Wildman–Crippen LogP) is 1.89. The number of benzene rings is 1. The first-order valence-electron chi connectivity index (χ1n) is 9.91. The minimum atomic E-state index is -0.760. The van der Waals surface area contributed by atoms with Gasteiger partial charge in [-0.05, 0) is 17.7 Å². The fraction of sp³-hybridized carbons (Fsp3) is 0.455. The molecule has 1 aliphatic rings. The van der Waals surface area contributed by atoms with Crippen LogP contribution in [0.3, 0.4) is 0 Å². The summed E-state index contributed by atoms with van der Waals surface area (Å²) in [7, 11) is 4.29. The third kappa shape index (κ3) is 5.36. The van der Waals surface area contributed by atoms with Gasteiger partial charge in [0.1, 0.15) is 5.76 Å². The lowest BCUT2D eigenvalue weighted by Gasteiger charge is -2.26. The van der Waals surface area contributed by atoms with E-state index in [1.54, 1.807) is 18.2 Å². The van der Waals surface area contributed by atoms with Gasteiger partial charge in [0.2, 0.25) is 11.2 Å². The Morgan fingerprint density at radius 3 is 2.48 bits per heavy atom. The SMILES string of the molecule is COC(=O)CC(c1ccc(OC)c(OC)c1)c1oc(CN2CCOCC2)cc(=O)c1O. The van der Waals surface area contributed by atoms with Crippen molar-refractivity contribution in [2.45, 2.75) is 18.9 Å². The highest BCUT2D eigenvalue weighted by Crippen LogP contribution is 2.37. The van der Waals surface area contributed by atoms with Gasteiger partial charge < -0.3 is 28.5 Å². The molecule has 2 aromatic rings. The van der Waals surface area contributed by atoms with Crippen LogP contribution in [0, 0.1) is 0 Å². The van der Waals surface area contributed by atoms with Gasteiger partial charge in [0.15, 0.2) is 17.3 Å². The molecule has 168 valence electrons. The van der Waals surface area contributed by atoms with Crippen LogP contribution in [0.2, 0.25) is 0 Å². The van der Waals surface area contributed by atoms with Crippen LogP contribution in [0.25, 0.3) is 0 Å². The highest BCUT2D eigenvalue weighted by molar-refractivity contribution is 5.71. The van der Waals surface area contributed by atoms with Gasteiger partial charge >= 0.3 is 5.97 Å². The maximum atomic E-state index is 12.5. The Morgan fingerprint density at radius 1 is 1.13 bits per heavy atom. The van der Waals surface area contributed by atoms with E-state index in [1.165, 1.54) is 27.4 Å². The van der Waals surface area contributed by atoms with Crippen molar-refractivity contribution in [3.63, 3.8) is 0 Å². The standard InChI is InChI=1S/C22H27NO8/c1-27-18-5-4-14(10-19(18)28-2)16(12-20(25)29-3)22-21(26)17(24)11-15(31-22)13-23-6-8-30-9-7-23/h4-5,10-11,16,26H,6-9,12-13H2,1-3H3. The fourth-order valence-corrected chi connectivity index (χ4v) is 3.53. The highest BCUT2D eigenvalue weighted by atomic mass is 16.5. The Bertz CT molecular complexity index is 964. The number of aromatic hydroxyl groups is 1. The van der Waals surface area contributed by atoms with Gasteiger partial charge in [0, 0.05) is 19.2 Å². The van der Waals surface area contributed by atoms with E-state index >= 15 is 0 Å². The maximum Gasteiger partial charge on any atom is 0.306 e. The molecule has 3 rings (SSSR count). The highest BCUT2D eigenvalue weighted by Gasteiger charge is 2.28. The Morgan fingerprint density at radius 2 is 1.84 bits per heavy atom.